The number of H-pyrrole nitrogens is 1. The van der Waals surface area contributed by atoms with Crippen LogP contribution in [-0.4, -0.2) is 21.5 Å². The Hall–Kier alpha value is -2.24. The molecular formula is C10H11N3O3. The van der Waals surface area contributed by atoms with Gasteiger partial charge in [-0.15, -0.1) is 0 Å². The molecule has 0 radical (unpaired) electrons. The van der Waals surface area contributed by atoms with Crippen LogP contribution in [0, 0.1) is 0 Å². The van der Waals surface area contributed by atoms with E-state index < -0.39 is 11.4 Å². The lowest BCUT2D eigenvalue weighted by molar-refractivity contribution is 0.414. The second-order valence-electron chi connectivity index (χ2n) is 3.29. The highest BCUT2D eigenvalue weighted by atomic mass is 16.5. The third-order valence-electron chi connectivity index (χ3n) is 2.32. The van der Waals surface area contributed by atoms with Gasteiger partial charge in [0.15, 0.2) is 0 Å². The first kappa shape index (κ1) is 10.3. The van der Waals surface area contributed by atoms with Crippen LogP contribution >= 0.6 is 0 Å². The van der Waals surface area contributed by atoms with Gasteiger partial charge in [0.2, 0.25) is 0 Å². The number of methoxy groups -OCH3 is 1. The number of aromatic nitrogens is 3. The molecule has 0 aliphatic carbocycles. The predicted molar refractivity (Wildman–Crippen MR) is 58.2 cm³/mol. The van der Waals surface area contributed by atoms with Gasteiger partial charge >= 0.3 is 11.4 Å². The Morgan fingerprint density at radius 3 is 2.25 bits per heavy atom. The predicted octanol–water partition coefficient (Wildman–Crippen LogP) is -0.127. The highest BCUT2D eigenvalue weighted by Crippen LogP contribution is 2.12. The van der Waals surface area contributed by atoms with Crippen LogP contribution < -0.4 is 16.1 Å². The monoisotopic (exact) mass is 221 g/mol. The van der Waals surface area contributed by atoms with Gasteiger partial charge < -0.3 is 4.74 Å². The van der Waals surface area contributed by atoms with Gasteiger partial charge in [-0.25, -0.2) is 23.9 Å². The third-order valence-corrected chi connectivity index (χ3v) is 2.32. The molecule has 0 saturated heterocycles. The first-order valence-corrected chi connectivity index (χ1v) is 4.66. The van der Waals surface area contributed by atoms with Crippen molar-refractivity contribution in [2.75, 3.05) is 7.11 Å². The summed E-state index contributed by atoms with van der Waals surface area (Å²) in [6.45, 7) is 0. The zero-order valence-corrected chi connectivity index (χ0v) is 8.93. The third kappa shape index (κ3) is 1.54. The standard InChI is InChI=1S/C10H11N3O3/c1-12-9(14)11-13(10(12)15)7-3-5-8(16-2)6-4-7/h3-6H,1-2H3,(H,11,14). The van der Waals surface area contributed by atoms with Crippen LogP contribution in [0.15, 0.2) is 33.9 Å². The summed E-state index contributed by atoms with van der Waals surface area (Å²) in [6, 6.07) is 6.81. The Labute approximate surface area is 90.7 Å². The van der Waals surface area contributed by atoms with E-state index in [4.69, 9.17) is 4.74 Å². The van der Waals surface area contributed by atoms with E-state index in [1.54, 1.807) is 31.4 Å². The molecule has 0 spiro atoms. The van der Waals surface area contributed by atoms with Crippen molar-refractivity contribution in [3.8, 4) is 11.4 Å². The van der Waals surface area contributed by atoms with Crippen molar-refractivity contribution >= 4 is 0 Å². The molecule has 1 aromatic heterocycles. The number of benzene rings is 1. The van der Waals surface area contributed by atoms with Gasteiger partial charge in [-0.3, -0.25) is 0 Å². The van der Waals surface area contributed by atoms with Crippen LogP contribution in [-0.2, 0) is 7.05 Å². The molecule has 2 rings (SSSR count). The average Bonchev–Trinajstić information content (AvgIpc) is 2.57. The van der Waals surface area contributed by atoms with E-state index >= 15 is 0 Å². The summed E-state index contributed by atoms with van der Waals surface area (Å²) in [6.07, 6.45) is 0. The van der Waals surface area contributed by atoms with Crippen molar-refractivity contribution in [3.05, 3.63) is 45.2 Å². The van der Waals surface area contributed by atoms with Crippen LogP contribution in [0.4, 0.5) is 0 Å². The maximum atomic E-state index is 11.6. The van der Waals surface area contributed by atoms with Gasteiger partial charge in [0, 0.05) is 7.05 Å². The second kappa shape index (κ2) is 3.73. The molecule has 0 saturated carbocycles. The summed E-state index contributed by atoms with van der Waals surface area (Å²) in [4.78, 5) is 22.8. The van der Waals surface area contributed by atoms with Gasteiger partial charge in [0.1, 0.15) is 5.75 Å². The first-order valence-electron chi connectivity index (χ1n) is 4.66. The van der Waals surface area contributed by atoms with Gasteiger partial charge in [-0.1, -0.05) is 0 Å². The Balaban J connectivity index is 2.55. The summed E-state index contributed by atoms with van der Waals surface area (Å²) in [5, 5.41) is 2.44. The fourth-order valence-electron chi connectivity index (χ4n) is 1.36. The molecule has 6 nitrogen and oxygen atoms in total. The zero-order chi connectivity index (χ0) is 11.7. The molecule has 16 heavy (non-hydrogen) atoms. The minimum Gasteiger partial charge on any atom is -0.497 e. The lowest BCUT2D eigenvalue weighted by atomic mass is 10.3. The van der Waals surface area contributed by atoms with Crippen LogP contribution in [0.1, 0.15) is 0 Å². The molecule has 0 unspecified atom stereocenters. The highest BCUT2D eigenvalue weighted by Gasteiger charge is 2.06. The second-order valence-corrected chi connectivity index (χ2v) is 3.29. The molecule has 0 fully saturated rings. The maximum Gasteiger partial charge on any atom is 0.351 e. The molecule has 0 aliphatic heterocycles. The number of ether oxygens (including phenoxy) is 1. The van der Waals surface area contributed by atoms with E-state index in [0.29, 0.717) is 11.4 Å². The number of nitrogens with zero attached hydrogens (tertiary/aromatic N) is 2. The minimum absolute atomic E-state index is 0.407. The van der Waals surface area contributed by atoms with Crippen molar-refractivity contribution < 1.29 is 4.74 Å². The largest absolute Gasteiger partial charge is 0.497 e. The topological polar surface area (TPSA) is 69.0 Å². The van der Waals surface area contributed by atoms with E-state index in [-0.39, 0.29) is 0 Å². The molecule has 1 N–H and O–H groups in total. The van der Waals surface area contributed by atoms with Crippen molar-refractivity contribution in [2.45, 2.75) is 0 Å². The number of hydrogen-bond acceptors (Lipinski definition) is 3. The summed E-state index contributed by atoms with van der Waals surface area (Å²) in [7, 11) is 2.98. The van der Waals surface area contributed by atoms with Crippen molar-refractivity contribution in [1.82, 2.24) is 14.3 Å². The van der Waals surface area contributed by atoms with Gasteiger partial charge in [-0.05, 0) is 24.3 Å². The SMILES string of the molecule is COc1ccc(-n2[nH]c(=O)n(C)c2=O)cc1. The molecule has 1 heterocycles. The summed E-state index contributed by atoms with van der Waals surface area (Å²) >= 11 is 0. The zero-order valence-electron chi connectivity index (χ0n) is 8.93. The summed E-state index contributed by atoms with van der Waals surface area (Å²) in [5.41, 5.74) is -0.264. The Morgan fingerprint density at radius 1 is 1.19 bits per heavy atom. The number of rotatable bonds is 2. The van der Waals surface area contributed by atoms with Crippen molar-refractivity contribution in [2.24, 2.45) is 7.05 Å². The van der Waals surface area contributed by atoms with E-state index in [0.717, 1.165) is 4.57 Å². The normalized spacial score (nSPS) is 10.4. The quantitative estimate of drug-likeness (QED) is 0.768. The van der Waals surface area contributed by atoms with E-state index in [1.807, 2.05) is 0 Å². The minimum atomic E-state index is -0.444. The smallest absolute Gasteiger partial charge is 0.351 e. The van der Waals surface area contributed by atoms with E-state index in [9.17, 15) is 9.59 Å². The van der Waals surface area contributed by atoms with Gasteiger partial charge in [0.05, 0.1) is 12.8 Å². The molecule has 1 aromatic carbocycles. The fraction of sp³-hybridized carbons (Fsp3) is 0.200. The highest BCUT2D eigenvalue weighted by molar-refractivity contribution is 5.36. The maximum absolute atomic E-state index is 11.6. The number of aromatic amines is 1. The van der Waals surface area contributed by atoms with Crippen LogP contribution in [0.3, 0.4) is 0 Å². The van der Waals surface area contributed by atoms with Crippen molar-refractivity contribution in [1.29, 1.82) is 0 Å². The Kier molecular flexibility index (Phi) is 2.40. The lowest BCUT2D eigenvalue weighted by Crippen LogP contribution is -2.25. The summed E-state index contributed by atoms with van der Waals surface area (Å²) in [5.74, 6) is 0.690. The van der Waals surface area contributed by atoms with Crippen LogP contribution in [0.25, 0.3) is 5.69 Å². The molecular weight excluding hydrogens is 210 g/mol. The van der Waals surface area contributed by atoms with Crippen molar-refractivity contribution in [3.63, 3.8) is 0 Å². The Morgan fingerprint density at radius 2 is 1.81 bits per heavy atom. The Bertz CT molecular complexity index is 603. The average molecular weight is 221 g/mol. The molecule has 84 valence electrons. The first-order chi connectivity index (χ1) is 7.63. The fourth-order valence-corrected chi connectivity index (χ4v) is 1.36. The van der Waals surface area contributed by atoms with Gasteiger partial charge in [-0.2, -0.15) is 0 Å². The number of nitrogens with one attached hydrogen (secondary N) is 1. The van der Waals surface area contributed by atoms with E-state index in [2.05, 4.69) is 5.10 Å². The molecule has 2 aromatic rings. The molecule has 0 bridgehead atoms. The molecule has 0 atom stereocenters. The van der Waals surface area contributed by atoms with Crippen LogP contribution in [0.2, 0.25) is 0 Å². The molecule has 0 amide bonds. The lowest BCUT2D eigenvalue weighted by Gasteiger charge is -2.02. The summed E-state index contributed by atoms with van der Waals surface area (Å²) < 4.78 is 7.19. The van der Waals surface area contributed by atoms with Gasteiger partial charge in [0.25, 0.3) is 0 Å². The van der Waals surface area contributed by atoms with E-state index in [1.165, 1.54) is 11.7 Å². The molecule has 0 aliphatic rings. The molecule has 6 heteroatoms. The number of hydrogen-bond donors (Lipinski definition) is 1. The van der Waals surface area contributed by atoms with Crippen LogP contribution in [0.5, 0.6) is 5.75 Å².